The number of pyridine rings is 1. The number of carbonyl (C=O) groups is 2. The summed E-state index contributed by atoms with van der Waals surface area (Å²) >= 11 is 3.31. The number of carboxylic acids is 1. The van der Waals surface area contributed by atoms with Crippen LogP contribution in [0, 0.1) is 0 Å². The van der Waals surface area contributed by atoms with Gasteiger partial charge in [-0.3, -0.25) is 4.79 Å². The van der Waals surface area contributed by atoms with E-state index in [4.69, 9.17) is 5.11 Å². The van der Waals surface area contributed by atoms with Crippen LogP contribution >= 0.6 is 15.9 Å². The normalized spacial score (nSPS) is 10.5. The number of ketones is 1. The molecule has 5 heteroatoms. The van der Waals surface area contributed by atoms with Crippen LogP contribution in [-0.2, 0) is 0 Å². The molecular formula is C12H8BrNO3. The number of carboxylic acid groups (broad SMARTS) is 1. The molecular weight excluding hydrogens is 286 g/mol. The van der Waals surface area contributed by atoms with Crippen molar-refractivity contribution in [1.29, 1.82) is 0 Å². The lowest BCUT2D eigenvalue weighted by atomic mass is 10.0. The molecule has 0 fully saturated rings. The first-order valence-electron chi connectivity index (χ1n) is 4.83. The van der Waals surface area contributed by atoms with E-state index in [2.05, 4.69) is 20.9 Å². The standard InChI is InChI=1S/C12H8BrNO3/c1-6(15)8-5-11(12(16)17)14-10-3-2-7(13)4-9(8)10/h2-5H,1H3,(H,16,17). The average Bonchev–Trinajstić information content (AvgIpc) is 2.27. The van der Waals surface area contributed by atoms with Crippen LogP contribution < -0.4 is 0 Å². The van der Waals surface area contributed by atoms with Crippen molar-refractivity contribution in [3.05, 3.63) is 40.0 Å². The Morgan fingerprint density at radius 2 is 2.00 bits per heavy atom. The Balaban J connectivity index is 2.86. The van der Waals surface area contributed by atoms with E-state index in [1.807, 2.05) is 0 Å². The van der Waals surface area contributed by atoms with Crippen LogP contribution in [0.2, 0.25) is 0 Å². The Hall–Kier alpha value is -1.75. The fourth-order valence-electron chi connectivity index (χ4n) is 1.60. The molecule has 86 valence electrons. The number of carbonyl (C=O) groups excluding carboxylic acids is 1. The Kier molecular flexibility index (Phi) is 2.93. The van der Waals surface area contributed by atoms with Crippen molar-refractivity contribution in [3.63, 3.8) is 0 Å². The highest BCUT2D eigenvalue weighted by atomic mass is 79.9. The van der Waals surface area contributed by atoms with Gasteiger partial charge in [0.05, 0.1) is 5.52 Å². The van der Waals surface area contributed by atoms with E-state index in [-0.39, 0.29) is 11.5 Å². The SMILES string of the molecule is CC(=O)c1cc(C(=O)O)nc2ccc(Br)cc12. The molecule has 0 aliphatic rings. The number of hydrogen-bond acceptors (Lipinski definition) is 3. The number of rotatable bonds is 2. The van der Waals surface area contributed by atoms with Crippen LogP contribution in [0.5, 0.6) is 0 Å². The molecule has 1 aromatic carbocycles. The lowest BCUT2D eigenvalue weighted by Gasteiger charge is -2.05. The van der Waals surface area contributed by atoms with Crippen LogP contribution in [0.3, 0.4) is 0 Å². The van der Waals surface area contributed by atoms with Gasteiger partial charge < -0.3 is 5.11 Å². The van der Waals surface area contributed by atoms with E-state index in [1.165, 1.54) is 13.0 Å². The highest BCUT2D eigenvalue weighted by Crippen LogP contribution is 2.23. The molecule has 0 saturated carbocycles. The number of aromatic carboxylic acids is 1. The van der Waals surface area contributed by atoms with Crippen molar-refractivity contribution in [3.8, 4) is 0 Å². The zero-order valence-electron chi connectivity index (χ0n) is 8.90. The molecule has 2 aromatic rings. The first-order valence-corrected chi connectivity index (χ1v) is 5.63. The molecule has 2 rings (SSSR count). The number of nitrogens with zero attached hydrogens (tertiary/aromatic N) is 1. The van der Waals surface area contributed by atoms with Gasteiger partial charge >= 0.3 is 5.97 Å². The number of halogens is 1. The van der Waals surface area contributed by atoms with E-state index in [1.54, 1.807) is 18.2 Å². The Labute approximate surface area is 105 Å². The molecule has 0 unspecified atom stereocenters. The smallest absolute Gasteiger partial charge is 0.354 e. The molecule has 0 bridgehead atoms. The highest BCUT2D eigenvalue weighted by molar-refractivity contribution is 9.10. The summed E-state index contributed by atoms with van der Waals surface area (Å²) in [5.41, 5.74) is 0.747. The molecule has 17 heavy (non-hydrogen) atoms. The summed E-state index contributed by atoms with van der Waals surface area (Å²) in [4.78, 5) is 26.4. The van der Waals surface area contributed by atoms with Gasteiger partial charge in [-0.2, -0.15) is 0 Å². The molecule has 1 heterocycles. The van der Waals surface area contributed by atoms with E-state index in [0.717, 1.165) is 4.47 Å². The summed E-state index contributed by atoms with van der Waals surface area (Å²) < 4.78 is 0.817. The number of benzene rings is 1. The van der Waals surface area contributed by atoms with Gasteiger partial charge in [0, 0.05) is 15.4 Å². The van der Waals surface area contributed by atoms with Gasteiger partial charge in [0.15, 0.2) is 5.78 Å². The van der Waals surface area contributed by atoms with Crippen molar-refractivity contribution in [2.75, 3.05) is 0 Å². The van der Waals surface area contributed by atoms with Crippen LogP contribution in [0.25, 0.3) is 10.9 Å². The molecule has 0 radical (unpaired) electrons. The van der Waals surface area contributed by atoms with Gasteiger partial charge in [-0.05, 0) is 31.2 Å². The first kappa shape index (κ1) is 11.7. The third-order valence-corrected chi connectivity index (χ3v) is 2.86. The third-order valence-electron chi connectivity index (χ3n) is 2.37. The van der Waals surface area contributed by atoms with Gasteiger partial charge in [0.1, 0.15) is 5.69 Å². The maximum Gasteiger partial charge on any atom is 0.354 e. The highest BCUT2D eigenvalue weighted by Gasteiger charge is 2.13. The number of fused-ring (bicyclic) bond motifs is 1. The molecule has 0 aliphatic carbocycles. The molecule has 0 spiro atoms. The van der Waals surface area contributed by atoms with E-state index in [9.17, 15) is 9.59 Å². The van der Waals surface area contributed by atoms with E-state index >= 15 is 0 Å². The second-order valence-electron chi connectivity index (χ2n) is 3.58. The molecule has 0 aliphatic heterocycles. The minimum absolute atomic E-state index is 0.120. The van der Waals surface area contributed by atoms with E-state index < -0.39 is 5.97 Å². The van der Waals surface area contributed by atoms with Gasteiger partial charge in [-0.25, -0.2) is 9.78 Å². The Morgan fingerprint density at radius 3 is 2.59 bits per heavy atom. The van der Waals surface area contributed by atoms with Gasteiger partial charge in [-0.15, -0.1) is 0 Å². The minimum Gasteiger partial charge on any atom is -0.477 e. The lowest BCUT2D eigenvalue weighted by Crippen LogP contribution is -2.04. The fraction of sp³-hybridized carbons (Fsp3) is 0.0833. The topological polar surface area (TPSA) is 67.3 Å². The van der Waals surface area contributed by atoms with Crippen molar-refractivity contribution in [2.24, 2.45) is 0 Å². The molecule has 0 amide bonds. The predicted molar refractivity (Wildman–Crippen MR) is 66.4 cm³/mol. The number of hydrogen-bond donors (Lipinski definition) is 1. The lowest BCUT2D eigenvalue weighted by molar-refractivity contribution is 0.0691. The van der Waals surface area contributed by atoms with Crippen molar-refractivity contribution < 1.29 is 14.7 Å². The van der Waals surface area contributed by atoms with Gasteiger partial charge in [0.25, 0.3) is 0 Å². The maximum atomic E-state index is 11.5. The average molecular weight is 294 g/mol. The van der Waals surface area contributed by atoms with Crippen LogP contribution in [0.4, 0.5) is 0 Å². The second kappa shape index (κ2) is 4.25. The second-order valence-corrected chi connectivity index (χ2v) is 4.49. The van der Waals surface area contributed by atoms with Crippen molar-refractivity contribution >= 4 is 38.6 Å². The summed E-state index contributed by atoms with van der Waals surface area (Å²) in [6, 6.07) is 6.49. The van der Waals surface area contributed by atoms with Crippen LogP contribution in [0.1, 0.15) is 27.8 Å². The van der Waals surface area contributed by atoms with Gasteiger partial charge in [0.2, 0.25) is 0 Å². The Morgan fingerprint density at radius 1 is 1.29 bits per heavy atom. The zero-order valence-corrected chi connectivity index (χ0v) is 10.5. The van der Waals surface area contributed by atoms with Crippen molar-refractivity contribution in [1.82, 2.24) is 4.98 Å². The Bertz CT molecular complexity index is 637. The largest absolute Gasteiger partial charge is 0.477 e. The third kappa shape index (κ3) is 2.19. The van der Waals surface area contributed by atoms with E-state index in [0.29, 0.717) is 16.5 Å². The van der Waals surface area contributed by atoms with Crippen molar-refractivity contribution in [2.45, 2.75) is 6.92 Å². The summed E-state index contributed by atoms with van der Waals surface area (Å²) in [6.07, 6.45) is 0. The minimum atomic E-state index is -1.14. The monoisotopic (exact) mass is 293 g/mol. The van der Waals surface area contributed by atoms with Crippen LogP contribution in [0.15, 0.2) is 28.7 Å². The molecule has 0 saturated heterocycles. The number of Topliss-reactive ketones (excluding diaryl/α,β-unsaturated/α-hetero) is 1. The quantitative estimate of drug-likeness (QED) is 0.865. The fourth-order valence-corrected chi connectivity index (χ4v) is 1.96. The predicted octanol–water partition coefficient (Wildman–Crippen LogP) is 2.90. The summed E-state index contributed by atoms with van der Waals surface area (Å²) in [6.45, 7) is 1.40. The first-order chi connectivity index (χ1) is 7.99. The summed E-state index contributed by atoms with van der Waals surface area (Å²) in [7, 11) is 0. The zero-order chi connectivity index (χ0) is 12.6. The molecule has 0 atom stereocenters. The van der Waals surface area contributed by atoms with Gasteiger partial charge in [-0.1, -0.05) is 15.9 Å². The molecule has 1 aromatic heterocycles. The molecule has 4 nitrogen and oxygen atoms in total. The number of aromatic nitrogens is 1. The summed E-state index contributed by atoms with van der Waals surface area (Å²) in [5, 5.41) is 9.57. The maximum absolute atomic E-state index is 11.5. The van der Waals surface area contributed by atoms with Crippen LogP contribution in [-0.4, -0.2) is 21.8 Å². The summed E-state index contributed by atoms with van der Waals surface area (Å²) in [5.74, 6) is -1.32. The molecule has 1 N–H and O–H groups in total.